The summed E-state index contributed by atoms with van der Waals surface area (Å²) in [6.07, 6.45) is 2.22. The highest BCUT2D eigenvalue weighted by Gasteiger charge is 2.16. The molecule has 0 heterocycles. The van der Waals surface area contributed by atoms with E-state index in [-0.39, 0.29) is 12.6 Å². The SMILES string of the molecule is CCN(CC(=O)O)C(=O)NC(C)CCS(C)=O. The largest absolute Gasteiger partial charge is 0.480 e. The van der Waals surface area contributed by atoms with Gasteiger partial charge in [0.05, 0.1) is 0 Å². The summed E-state index contributed by atoms with van der Waals surface area (Å²) in [7, 11) is -0.882. The minimum absolute atomic E-state index is 0.116. The highest BCUT2D eigenvalue weighted by molar-refractivity contribution is 7.84. The molecule has 0 aromatic heterocycles. The van der Waals surface area contributed by atoms with Crippen molar-refractivity contribution in [2.45, 2.75) is 26.3 Å². The van der Waals surface area contributed by atoms with Crippen LogP contribution in [0.15, 0.2) is 0 Å². The molecule has 0 saturated heterocycles. The maximum atomic E-state index is 11.6. The predicted molar refractivity (Wildman–Crippen MR) is 66.4 cm³/mol. The molecule has 6 nitrogen and oxygen atoms in total. The third-order valence-electron chi connectivity index (χ3n) is 2.20. The lowest BCUT2D eigenvalue weighted by atomic mass is 10.3. The van der Waals surface area contributed by atoms with E-state index in [0.29, 0.717) is 18.7 Å². The number of urea groups is 1. The number of amides is 2. The minimum atomic E-state index is -1.04. The molecular weight excluding hydrogens is 244 g/mol. The summed E-state index contributed by atoms with van der Waals surface area (Å²) in [6, 6.07) is -0.515. The molecule has 0 aromatic rings. The lowest BCUT2D eigenvalue weighted by molar-refractivity contribution is -0.137. The molecule has 2 unspecified atom stereocenters. The number of carboxylic acid groups (broad SMARTS) is 1. The fourth-order valence-electron chi connectivity index (χ4n) is 1.21. The third-order valence-corrected chi connectivity index (χ3v) is 3.01. The summed E-state index contributed by atoms with van der Waals surface area (Å²) in [6.45, 7) is 3.55. The van der Waals surface area contributed by atoms with E-state index < -0.39 is 22.8 Å². The zero-order valence-electron chi connectivity index (χ0n) is 10.4. The van der Waals surface area contributed by atoms with Gasteiger partial charge in [-0.25, -0.2) is 4.79 Å². The van der Waals surface area contributed by atoms with E-state index in [9.17, 15) is 13.8 Å². The van der Waals surface area contributed by atoms with Crippen LogP contribution >= 0.6 is 0 Å². The zero-order valence-corrected chi connectivity index (χ0v) is 11.2. The number of nitrogens with one attached hydrogen (secondary N) is 1. The van der Waals surface area contributed by atoms with Crippen LogP contribution in [0.25, 0.3) is 0 Å². The van der Waals surface area contributed by atoms with Gasteiger partial charge in [0.15, 0.2) is 0 Å². The van der Waals surface area contributed by atoms with Gasteiger partial charge in [0, 0.05) is 35.4 Å². The van der Waals surface area contributed by atoms with Crippen LogP contribution in [0, 0.1) is 0 Å². The average molecular weight is 264 g/mol. The van der Waals surface area contributed by atoms with Crippen LogP contribution in [-0.2, 0) is 15.6 Å². The quantitative estimate of drug-likeness (QED) is 0.690. The third kappa shape index (κ3) is 7.73. The number of hydrogen-bond donors (Lipinski definition) is 2. The number of carbonyl (C=O) groups is 2. The number of nitrogens with zero attached hydrogens (tertiary/aromatic N) is 1. The van der Waals surface area contributed by atoms with Gasteiger partial charge in [0.1, 0.15) is 6.54 Å². The highest BCUT2D eigenvalue weighted by Crippen LogP contribution is 1.96. The Kier molecular flexibility index (Phi) is 7.53. The molecule has 7 heteroatoms. The summed E-state index contributed by atoms with van der Waals surface area (Å²) in [5, 5.41) is 11.3. The van der Waals surface area contributed by atoms with Crippen LogP contribution < -0.4 is 5.32 Å². The lowest BCUT2D eigenvalue weighted by Crippen LogP contribution is -2.46. The van der Waals surface area contributed by atoms with E-state index in [4.69, 9.17) is 5.11 Å². The molecular formula is C10H20N2O4S. The predicted octanol–water partition coefficient (Wildman–Crippen LogP) is 0.260. The van der Waals surface area contributed by atoms with E-state index in [0.717, 1.165) is 0 Å². The monoisotopic (exact) mass is 264 g/mol. The molecule has 0 fully saturated rings. The second-order valence-electron chi connectivity index (χ2n) is 3.82. The van der Waals surface area contributed by atoms with Gasteiger partial charge in [0.25, 0.3) is 0 Å². The smallest absolute Gasteiger partial charge is 0.323 e. The van der Waals surface area contributed by atoms with Crippen LogP contribution in [0.2, 0.25) is 0 Å². The number of hydrogen-bond acceptors (Lipinski definition) is 3. The van der Waals surface area contributed by atoms with Crippen LogP contribution in [-0.4, -0.2) is 57.4 Å². The number of likely N-dealkylation sites (N-methyl/N-ethyl adjacent to an activating group) is 1. The molecule has 0 aliphatic heterocycles. The molecule has 0 rings (SSSR count). The normalized spacial score (nSPS) is 13.8. The molecule has 2 atom stereocenters. The molecule has 0 saturated carbocycles. The molecule has 0 aromatic carbocycles. The summed E-state index contributed by atoms with van der Waals surface area (Å²) in [4.78, 5) is 23.4. The van der Waals surface area contributed by atoms with Crippen LogP contribution in [0.3, 0.4) is 0 Å². The molecule has 0 aliphatic carbocycles. The first-order valence-corrected chi connectivity index (χ1v) is 7.16. The number of carbonyl (C=O) groups excluding carboxylic acids is 1. The molecule has 17 heavy (non-hydrogen) atoms. The Labute approximate surface area is 104 Å². The van der Waals surface area contributed by atoms with Crippen LogP contribution in [0.1, 0.15) is 20.3 Å². The molecule has 100 valence electrons. The van der Waals surface area contributed by atoms with Crippen LogP contribution in [0.5, 0.6) is 0 Å². The molecule has 0 radical (unpaired) electrons. The maximum absolute atomic E-state index is 11.6. The van der Waals surface area contributed by atoms with Gasteiger partial charge >= 0.3 is 12.0 Å². The van der Waals surface area contributed by atoms with Gasteiger partial charge in [-0.15, -0.1) is 0 Å². The van der Waals surface area contributed by atoms with Crippen molar-refractivity contribution in [3.8, 4) is 0 Å². The van der Waals surface area contributed by atoms with Crippen molar-refractivity contribution in [2.24, 2.45) is 0 Å². The standard InChI is InChI=1S/C10H20N2O4S/c1-4-12(7-9(13)14)10(15)11-8(2)5-6-17(3)16/h8H,4-7H2,1-3H3,(H,11,15)(H,13,14). The van der Waals surface area contributed by atoms with Crippen molar-refractivity contribution in [3.05, 3.63) is 0 Å². The highest BCUT2D eigenvalue weighted by atomic mass is 32.2. The first-order chi connectivity index (χ1) is 7.86. The van der Waals surface area contributed by atoms with Gasteiger partial charge in [-0.2, -0.15) is 0 Å². The van der Waals surface area contributed by atoms with Crippen molar-refractivity contribution in [1.29, 1.82) is 0 Å². The van der Waals surface area contributed by atoms with Gasteiger partial charge in [0.2, 0.25) is 0 Å². The Morgan fingerprint density at radius 3 is 2.47 bits per heavy atom. The van der Waals surface area contributed by atoms with Gasteiger partial charge in [-0.1, -0.05) is 0 Å². The van der Waals surface area contributed by atoms with Gasteiger partial charge in [-0.3, -0.25) is 9.00 Å². The maximum Gasteiger partial charge on any atom is 0.323 e. The van der Waals surface area contributed by atoms with Gasteiger partial charge in [-0.05, 0) is 20.3 Å². The zero-order chi connectivity index (χ0) is 13.4. The van der Waals surface area contributed by atoms with Crippen molar-refractivity contribution in [3.63, 3.8) is 0 Å². The van der Waals surface area contributed by atoms with E-state index in [1.54, 1.807) is 20.1 Å². The Bertz CT molecular complexity index is 296. The average Bonchev–Trinajstić information content (AvgIpc) is 2.22. The molecule has 2 N–H and O–H groups in total. The number of aliphatic carboxylic acids is 1. The Morgan fingerprint density at radius 2 is 2.06 bits per heavy atom. The summed E-state index contributed by atoms with van der Waals surface area (Å²) in [5.74, 6) is -0.517. The Hall–Kier alpha value is -1.11. The van der Waals surface area contributed by atoms with Crippen molar-refractivity contribution in [2.75, 3.05) is 25.1 Å². The molecule has 2 amide bonds. The fourth-order valence-corrected chi connectivity index (χ4v) is 1.89. The second kappa shape index (κ2) is 8.05. The van der Waals surface area contributed by atoms with Crippen molar-refractivity contribution >= 4 is 22.8 Å². The van der Waals surface area contributed by atoms with Crippen molar-refractivity contribution in [1.82, 2.24) is 10.2 Å². The van der Waals surface area contributed by atoms with Crippen LogP contribution in [0.4, 0.5) is 4.79 Å². The van der Waals surface area contributed by atoms with E-state index in [1.165, 1.54) is 4.90 Å². The van der Waals surface area contributed by atoms with E-state index >= 15 is 0 Å². The molecule has 0 aliphatic rings. The summed E-state index contributed by atoms with van der Waals surface area (Å²) < 4.78 is 10.9. The lowest BCUT2D eigenvalue weighted by Gasteiger charge is -2.22. The summed E-state index contributed by atoms with van der Waals surface area (Å²) >= 11 is 0. The van der Waals surface area contributed by atoms with E-state index in [1.807, 2.05) is 0 Å². The minimum Gasteiger partial charge on any atom is -0.480 e. The van der Waals surface area contributed by atoms with E-state index in [2.05, 4.69) is 5.32 Å². The first kappa shape index (κ1) is 15.9. The second-order valence-corrected chi connectivity index (χ2v) is 5.38. The topological polar surface area (TPSA) is 86.7 Å². The Balaban J connectivity index is 4.11. The first-order valence-electron chi connectivity index (χ1n) is 5.44. The number of carboxylic acids is 1. The Morgan fingerprint density at radius 1 is 1.47 bits per heavy atom. The molecule has 0 spiro atoms. The summed E-state index contributed by atoms with van der Waals surface area (Å²) in [5.41, 5.74) is 0. The number of rotatable bonds is 7. The molecule has 0 bridgehead atoms. The van der Waals surface area contributed by atoms with Crippen molar-refractivity contribution < 1.29 is 18.9 Å². The fraction of sp³-hybridized carbons (Fsp3) is 0.800. The van der Waals surface area contributed by atoms with Gasteiger partial charge < -0.3 is 15.3 Å².